The van der Waals surface area contributed by atoms with Crippen molar-refractivity contribution in [1.82, 2.24) is 0 Å². The zero-order valence-corrected chi connectivity index (χ0v) is 11.8. The van der Waals surface area contributed by atoms with Gasteiger partial charge in [-0.25, -0.2) is 0 Å². The Morgan fingerprint density at radius 1 is 1.50 bits per heavy atom. The predicted molar refractivity (Wildman–Crippen MR) is 77.4 cm³/mol. The lowest BCUT2D eigenvalue weighted by atomic mass is 9.94. The highest BCUT2D eigenvalue weighted by Gasteiger charge is 2.38. The molecule has 0 spiro atoms. The van der Waals surface area contributed by atoms with Crippen molar-refractivity contribution in [3.05, 3.63) is 29.3 Å². The van der Waals surface area contributed by atoms with Crippen LogP contribution in [0.4, 0.5) is 0 Å². The van der Waals surface area contributed by atoms with E-state index in [0.717, 1.165) is 25.1 Å². The molecule has 1 fully saturated rings. The van der Waals surface area contributed by atoms with Gasteiger partial charge in [0.25, 0.3) is 0 Å². The van der Waals surface area contributed by atoms with Gasteiger partial charge in [0, 0.05) is 24.1 Å². The van der Waals surface area contributed by atoms with Crippen LogP contribution in [0.15, 0.2) is 18.2 Å². The first-order valence-electron chi connectivity index (χ1n) is 6.81. The molecule has 2 N–H and O–H groups in total. The molecule has 2 aliphatic rings. The minimum absolute atomic E-state index is 0.280. The highest BCUT2D eigenvalue weighted by Crippen LogP contribution is 2.43. The summed E-state index contributed by atoms with van der Waals surface area (Å²) < 4.78 is 6.36. The van der Waals surface area contributed by atoms with E-state index in [0.29, 0.717) is 6.10 Å². The second kappa shape index (κ2) is 4.78. The van der Waals surface area contributed by atoms with Crippen LogP contribution in [0.1, 0.15) is 30.4 Å². The van der Waals surface area contributed by atoms with Crippen LogP contribution < -0.4 is 10.5 Å². The first kappa shape index (κ1) is 12.4. The first-order valence-corrected chi connectivity index (χ1v) is 7.80. The van der Waals surface area contributed by atoms with E-state index in [4.69, 9.17) is 10.5 Å². The van der Waals surface area contributed by atoms with Crippen molar-refractivity contribution in [2.24, 2.45) is 5.73 Å². The topological polar surface area (TPSA) is 35.2 Å². The van der Waals surface area contributed by atoms with Gasteiger partial charge in [0.2, 0.25) is 0 Å². The number of benzene rings is 1. The number of hydrogen-bond acceptors (Lipinski definition) is 3. The number of nitrogens with two attached hydrogens (primary N) is 1. The summed E-state index contributed by atoms with van der Waals surface area (Å²) in [5.74, 6) is 2.34. The molecule has 1 saturated heterocycles. The average molecular weight is 263 g/mol. The van der Waals surface area contributed by atoms with Crippen molar-refractivity contribution in [3.63, 3.8) is 0 Å². The Kier molecular flexibility index (Phi) is 3.29. The molecule has 0 aromatic heterocycles. The van der Waals surface area contributed by atoms with E-state index < -0.39 is 0 Å². The molecule has 2 heterocycles. The predicted octanol–water partition coefficient (Wildman–Crippen LogP) is 2.91. The number of ether oxygens (including phenoxy) is 1. The molecule has 0 amide bonds. The second-order valence-corrected chi connectivity index (χ2v) is 7.16. The van der Waals surface area contributed by atoms with E-state index >= 15 is 0 Å². The summed E-state index contributed by atoms with van der Waals surface area (Å²) in [7, 11) is 0. The van der Waals surface area contributed by atoms with E-state index in [1.54, 1.807) is 0 Å². The minimum atomic E-state index is 0.280. The normalized spacial score (nSPS) is 30.2. The third-order valence-corrected chi connectivity index (χ3v) is 5.76. The lowest BCUT2D eigenvalue weighted by molar-refractivity contribution is 0.202. The third-order valence-electron chi connectivity index (χ3n) is 4.11. The Labute approximate surface area is 113 Å². The largest absolute Gasteiger partial charge is 0.490 e. The minimum Gasteiger partial charge on any atom is -0.490 e. The molecule has 18 heavy (non-hydrogen) atoms. The highest BCUT2D eigenvalue weighted by atomic mass is 32.2. The van der Waals surface area contributed by atoms with Gasteiger partial charge in [-0.1, -0.05) is 17.7 Å². The Balaban J connectivity index is 1.70. The van der Waals surface area contributed by atoms with Gasteiger partial charge in [0.15, 0.2) is 0 Å². The molecule has 3 heteroatoms. The molecule has 1 aromatic rings. The van der Waals surface area contributed by atoms with Crippen LogP contribution in [-0.4, -0.2) is 23.1 Å². The monoisotopic (exact) mass is 263 g/mol. The second-order valence-electron chi connectivity index (χ2n) is 5.60. The summed E-state index contributed by atoms with van der Waals surface area (Å²) >= 11 is 2.05. The number of thioether (sulfide) groups is 1. The van der Waals surface area contributed by atoms with Crippen molar-refractivity contribution < 1.29 is 4.74 Å². The number of hydrogen-bond donors (Lipinski definition) is 1. The van der Waals surface area contributed by atoms with Crippen molar-refractivity contribution in [1.29, 1.82) is 0 Å². The zero-order valence-electron chi connectivity index (χ0n) is 10.9. The summed E-state index contributed by atoms with van der Waals surface area (Å²) in [6.07, 6.45) is 5.04. The van der Waals surface area contributed by atoms with Gasteiger partial charge in [-0.2, -0.15) is 11.8 Å². The Morgan fingerprint density at radius 2 is 2.39 bits per heavy atom. The summed E-state index contributed by atoms with van der Waals surface area (Å²) in [6.45, 7) is 2.93. The molecular weight excluding hydrogens is 242 g/mol. The van der Waals surface area contributed by atoms with Crippen molar-refractivity contribution in [2.75, 3.05) is 12.3 Å². The van der Waals surface area contributed by atoms with Crippen molar-refractivity contribution in [3.8, 4) is 5.75 Å². The van der Waals surface area contributed by atoms with Gasteiger partial charge in [0.1, 0.15) is 11.9 Å². The smallest absolute Gasteiger partial charge is 0.123 e. The molecule has 2 unspecified atom stereocenters. The summed E-state index contributed by atoms with van der Waals surface area (Å²) in [4.78, 5) is 0. The summed E-state index contributed by atoms with van der Waals surface area (Å²) in [5.41, 5.74) is 8.69. The van der Waals surface area contributed by atoms with Gasteiger partial charge in [-0.3, -0.25) is 0 Å². The Morgan fingerprint density at radius 3 is 3.11 bits per heavy atom. The van der Waals surface area contributed by atoms with Gasteiger partial charge >= 0.3 is 0 Å². The molecule has 1 aromatic carbocycles. The fourth-order valence-corrected chi connectivity index (χ4v) is 4.57. The lowest BCUT2D eigenvalue weighted by Gasteiger charge is -2.29. The summed E-state index contributed by atoms with van der Waals surface area (Å²) in [6, 6.07) is 6.50. The highest BCUT2D eigenvalue weighted by molar-refractivity contribution is 8.00. The van der Waals surface area contributed by atoms with Crippen molar-refractivity contribution in [2.45, 2.75) is 43.5 Å². The van der Waals surface area contributed by atoms with Gasteiger partial charge in [0.05, 0.1) is 0 Å². The molecule has 0 radical (unpaired) electrons. The van der Waals surface area contributed by atoms with Crippen LogP contribution in [0.5, 0.6) is 5.75 Å². The molecule has 0 aliphatic carbocycles. The Bertz CT molecular complexity index is 440. The SMILES string of the molecule is Cc1ccc2c(c1)CC(CC1(CN)CCCS1)O2. The van der Waals surface area contributed by atoms with Crippen LogP contribution >= 0.6 is 11.8 Å². The van der Waals surface area contributed by atoms with Gasteiger partial charge in [-0.05, 0) is 37.1 Å². The van der Waals surface area contributed by atoms with E-state index in [1.165, 1.54) is 29.7 Å². The molecular formula is C15H21NOS. The summed E-state index contributed by atoms with van der Waals surface area (Å²) in [5, 5.41) is 0. The number of fused-ring (bicyclic) bond motifs is 1. The standard InChI is InChI=1S/C15H21NOS/c1-11-3-4-14-12(7-11)8-13(17-14)9-15(10-16)5-2-6-18-15/h3-4,7,13H,2,5-6,8-10,16H2,1H3. The quantitative estimate of drug-likeness (QED) is 0.910. The lowest BCUT2D eigenvalue weighted by Crippen LogP contribution is -2.37. The van der Waals surface area contributed by atoms with Crippen LogP contribution in [0.2, 0.25) is 0 Å². The molecule has 98 valence electrons. The maximum Gasteiger partial charge on any atom is 0.123 e. The molecule has 0 bridgehead atoms. The van der Waals surface area contributed by atoms with E-state index in [2.05, 4.69) is 36.9 Å². The molecule has 0 saturated carbocycles. The van der Waals surface area contributed by atoms with Crippen LogP contribution in [-0.2, 0) is 6.42 Å². The zero-order chi connectivity index (χ0) is 12.6. The van der Waals surface area contributed by atoms with E-state index in [-0.39, 0.29) is 4.75 Å². The fraction of sp³-hybridized carbons (Fsp3) is 0.600. The van der Waals surface area contributed by atoms with Crippen LogP contribution in [0, 0.1) is 6.92 Å². The van der Waals surface area contributed by atoms with Gasteiger partial charge in [-0.15, -0.1) is 0 Å². The van der Waals surface area contributed by atoms with Crippen LogP contribution in [0.3, 0.4) is 0 Å². The van der Waals surface area contributed by atoms with Gasteiger partial charge < -0.3 is 10.5 Å². The maximum absolute atomic E-state index is 6.08. The van der Waals surface area contributed by atoms with Crippen molar-refractivity contribution >= 4 is 11.8 Å². The first-order chi connectivity index (χ1) is 8.71. The van der Waals surface area contributed by atoms with Crippen LogP contribution in [0.25, 0.3) is 0 Å². The maximum atomic E-state index is 6.08. The fourth-order valence-electron chi connectivity index (χ4n) is 3.14. The van der Waals surface area contributed by atoms with E-state index in [9.17, 15) is 0 Å². The molecule has 2 aliphatic heterocycles. The Hall–Kier alpha value is -0.670. The molecule has 3 rings (SSSR count). The molecule has 2 nitrogen and oxygen atoms in total. The number of rotatable bonds is 3. The third kappa shape index (κ3) is 2.26. The number of aryl methyl sites for hydroxylation is 1. The average Bonchev–Trinajstić information content (AvgIpc) is 2.96. The van der Waals surface area contributed by atoms with E-state index in [1.807, 2.05) is 0 Å². The molecule has 2 atom stereocenters.